The van der Waals surface area contributed by atoms with Crippen LogP contribution >= 0.6 is 0 Å². The summed E-state index contributed by atoms with van der Waals surface area (Å²) in [6.07, 6.45) is 0. The number of nitrogens with zero attached hydrogens (tertiary/aromatic N) is 1. The Hall–Kier alpha value is -1.97. The molecule has 0 bridgehead atoms. The van der Waals surface area contributed by atoms with Gasteiger partial charge in [0, 0.05) is 17.1 Å². The second kappa shape index (κ2) is 3.31. The van der Waals surface area contributed by atoms with E-state index in [1.165, 1.54) is 0 Å². The van der Waals surface area contributed by atoms with Crippen LogP contribution in [0.25, 0.3) is 5.69 Å². The van der Waals surface area contributed by atoms with Crippen LogP contribution in [-0.4, -0.2) is 9.55 Å². The van der Waals surface area contributed by atoms with Gasteiger partial charge in [-0.25, -0.2) is 4.79 Å². The smallest absolute Gasteiger partial charge is 0.330 e. The van der Waals surface area contributed by atoms with Crippen molar-refractivity contribution in [3.8, 4) is 5.69 Å². The van der Waals surface area contributed by atoms with Crippen molar-refractivity contribution in [3.63, 3.8) is 0 Å². The van der Waals surface area contributed by atoms with E-state index in [9.17, 15) is 4.79 Å². The molecule has 0 fully saturated rings. The van der Waals surface area contributed by atoms with Gasteiger partial charge >= 0.3 is 5.69 Å². The predicted octanol–water partition coefficient (Wildman–Crippen LogP) is 1.36. The highest BCUT2D eigenvalue weighted by Gasteiger charge is 2.07. The van der Waals surface area contributed by atoms with Crippen molar-refractivity contribution in [2.75, 3.05) is 5.73 Å². The third-order valence-corrected chi connectivity index (χ3v) is 2.53. The summed E-state index contributed by atoms with van der Waals surface area (Å²) < 4.78 is 1.63. The van der Waals surface area contributed by atoms with E-state index >= 15 is 0 Å². The third kappa shape index (κ3) is 1.54. The molecule has 0 saturated carbocycles. The Labute approximate surface area is 87.4 Å². The molecule has 0 unspecified atom stereocenters. The van der Waals surface area contributed by atoms with Crippen molar-refractivity contribution in [3.05, 3.63) is 46.1 Å². The van der Waals surface area contributed by atoms with Gasteiger partial charge in [0.25, 0.3) is 0 Å². The molecule has 0 radical (unpaired) electrons. The largest absolute Gasteiger partial charge is 0.399 e. The summed E-state index contributed by atoms with van der Waals surface area (Å²) in [5.41, 5.74) is 8.80. The van der Waals surface area contributed by atoms with Gasteiger partial charge in [-0.2, -0.15) is 0 Å². The summed E-state index contributed by atoms with van der Waals surface area (Å²) in [7, 11) is 0. The molecule has 0 saturated heterocycles. The number of rotatable bonds is 1. The maximum absolute atomic E-state index is 11.6. The summed E-state index contributed by atoms with van der Waals surface area (Å²) in [6.45, 7) is 3.79. The van der Waals surface area contributed by atoms with E-state index in [-0.39, 0.29) is 5.69 Å². The van der Waals surface area contributed by atoms with E-state index < -0.39 is 0 Å². The van der Waals surface area contributed by atoms with Gasteiger partial charge in [0.15, 0.2) is 0 Å². The number of aryl methyl sites for hydroxylation is 1. The average molecular weight is 203 g/mol. The molecule has 0 spiro atoms. The molecule has 1 aromatic heterocycles. The van der Waals surface area contributed by atoms with Crippen molar-refractivity contribution < 1.29 is 0 Å². The van der Waals surface area contributed by atoms with Gasteiger partial charge in [-0.05, 0) is 38.1 Å². The number of H-pyrrole nitrogens is 1. The minimum atomic E-state index is -0.116. The number of nitrogen functional groups attached to an aromatic ring is 1. The minimum absolute atomic E-state index is 0.116. The van der Waals surface area contributed by atoms with Crippen molar-refractivity contribution >= 4 is 5.69 Å². The van der Waals surface area contributed by atoms with E-state index in [2.05, 4.69) is 4.98 Å². The Balaban J connectivity index is 2.64. The van der Waals surface area contributed by atoms with Crippen LogP contribution in [0.15, 0.2) is 29.1 Å². The fraction of sp³-hybridized carbons (Fsp3) is 0.182. The van der Waals surface area contributed by atoms with Gasteiger partial charge in [-0.3, -0.25) is 4.57 Å². The Morgan fingerprint density at radius 1 is 1.20 bits per heavy atom. The van der Waals surface area contributed by atoms with E-state index in [1.54, 1.807) is 16.7 Å². The first-order valence-corrected chi connectivity index (χ1v) is 4.73. The maximum Gasteiger partial charge on any atom is 0.330 e. The molecule has 0 amide bonds. The van der Waals surface area contributed by atoms with Crippen LogP contribution in [0.1, 0.15) is 11.4 Å². The molecule has 4 nitrogen and oxygen atoms in total. The Morgan fingerprint density at radius 3 is 2.27 bits per heavy atom. The SMILES string of the molecule is Cc1[nH]c(=O)n(-c2ccc(N)cc2)c1C. The van der Waals surface area contributed by atoms with Crippen LogP contribution in [0.5, 0.6) is 0 Å². The molecule has 1 aromatic carbocycles. The number of aromatic amines is 1. The lowest BCUT2D eigenvalue weighted by molar-refractivity contribution is 0.949. The summed E-state index contributed by atoms with van der Waals surface area (Å²) in [4.78, 5) is 14.4. The molecule has 0 atom stereocenters. The topological polar surface area (TPSA) is 63.8 Å². The zero-order valence-electron chi connectivity index (χ0n) is 8.74. The molecule has 0 aliphatic carbocycles. The first-order valence-electron chi connectivity index (χ1n) is 4.73. The zero-order chi connectivity index (χ0) is 11.0. The first kappa shape index (κ1) is 9.58. The normalized spacial score (nSPS) is 10.5. The molecule has 0 aliphatic heterocycles. The van der Waals surface area contributed by atoms with Crippen molar-refractivity contribution in [1.82, 2.24) is 9.55 Å². The van der Waals surface area contributed by atoms with Crippen molar-refractivity contribution in [1.29, 1.82) is 0 Å². The fourth-order valence-electron chi connectivity index (χ4n) is 1.56. The van der Waals surface area contributed by atoms with E-state index in [4.69, 9.17) is 5.73 Å². The third-order valence-electron chi connectivity index (χ3n) is 2.53. The molecule has 2 rings (SSSR count). The number of hydrogen-bond acceptors (Lipinski definition) is 2. The number of anilines is 1. The number of aromatic nitrogens is 2. The lowest BCUT2D eigenvalue weighted by atomic mass is 10.2. The Morgan fingerprint density at radius 2 is 1.80 bits per heavy atom. The van der Waals surface area contributed by atoms with Crippen LogP contribution in [0.3, 0.4) is 0 Å². The van der Waals surface area contributed by atoms with E-state index in [0.717, 1.165) is 17.1 Å². The quantitative estimate of drug-likeness (QED) is 0.687. The summed E-state index contributed by atoms with van der Waals surface area (Å²) >= 11 is 0. The fourth-order valence-corrected chi connectivity index (χ4v) is 1.56. The van der Waals surface area contributed by atoms with Gasteiger partial charge in [0.05, 0.1) is 5.69 Å². The lowest BCUT2D eigenvalue weighted by Gasteiger charge is -2.04. The molecular formula is C11H13N3O. The van der Waals surface area contributed by atoms with Crippen molar-refractivity contribution in [2.24, 2.45) is 0 Å². The highest BCUT2D eigenvalue weighted by molar-refractivity contribution is 5.45. The summed E-state index contributed by atoms with van der Waals surface area (Å²) in [5, 5.41) is 0. The number of nitrogens with two attached hydrogens (primary N) is 1. The molecule has 3 N–H and O–H groups in total. The molecule has 2 aromatic rings. The lowest BCUT2D eigenvalue weighted by Crippen LogP contribution is -2.15. The molecular weight excluding hydrogens is 190 g/mol. The second-order valence-corrected chi connectivity index (χ2v) is 3.57. The predicted molar refractivity (Wildman–Crippen MR) is 60.3 cm³/mol. The summed E-state index contributed by atoms with van der Waals surface area (Å²) in [5.74, 6) is 0. The molecule has 4 heteroatoms. The van der Waals surface area contributed by atoms with Crippen LogP contribution in [0.2, 0.25) is 0 Å². The molecule has 15 heavy (non-hydrogen) atoms. The highest BCUT2D eigenvalue weighted by atomic mass is 16.1. The molecule has 1 heterocycles. The van der Waals surface area contributed by atoms with Gasteiger partial charge in [-0.15, -0.1) is 0 Å². The number of imidazole rings is 1. The Kier molecular flexibility index (Phi) is 2.11. The van der Waals surface area contributed by atoms with Crippen LogP contribution in [-0.2, 0) is 0 Å². The first-order chi connectivity index (χ1) is 7.09. The molecule has 78 valence electrons. The van der Waals surface area contributed by atoms with Gasteiger partial charge in [0.2, 0.25) is 0 Å². The average Bonchev–Trinajstić information content (AvgIpc) is 2.44. The Bertz CT molecular complexity index is 534. The maximum atomic E-state index is 11.6. The van der Waals surface area contributed by atoms with Crippen LogP contribution in [0, 0.1) is 13.8 Å². The van der Waals surface area contributed by atoms with Crippen LogP contribution < -0.4 is 11.4 Å². The number of nitrogens with one attached hydrogen (secondary N) is 1. The monoisotopic (exact) mass is 203 g/mol. The van der Waals surface area contributed by atoms with Gasteiger partial charge < -0.3 is 10.7 Å². The zero-order valence-corrected chi connectivity index (χ0v) is 8.74. The van der Waals surface area contributed by atoms with Gasteiger partial charge in [-0.1, -0.05) is 0 Å². The minimum Gasteiger partial charge on any atom is -0.399 e. The van der Waals surface area contributed by atoms with Gasteiger partial charge in [0.1, 0.15) is 0 Å². The van der Waals surface area contributed by atoms with E-state index in [1.807, 2.05) is 26.0 Å². The van der Waals surface area contributed by atoms with E-state index in [0.29, 0.717) is 5.69 Å². The van der Waals surface area contributed by atoms with Crippen LogP contribution in [0.4, 0.5) is 5.69 Å². The number of hydrogen-bond donors (Lipinski definition) is 2. The van der Waals surface area contributed by atoms with Crippen molar-refractivity contribution in [2.45, 2.75) is 13.8 Å². The second-order valence-electron chi connectivity index (χ2n) is 3.57. The molecule has 0 aliphatic rings. The number of benzene rings is 1. The standard InChI is InChI=1S/C11H13N3O/c1-7-8(2)14(11(15)13-7)10-5-3-9(12)4-6-10/h3-6H,12H2,1-2H3,(H,13,15). The highest BCUT2D eigenvalue weighted by Crippen LogP contribution is 2.12. The summed E-state index contributed by atoms with van der Waals surface area (Å²) in [6, 6.07) is 7.22.